The quantitative estimate of drug-likeness (QED) is 0.532. The molecule has 0 N–H and O–H groups in total. The van der Waals surface area contributed by atoms with Gasteiger partial charge in [-0.05, 0) is 30.1 Å². The molecular weight excluding hydrogens is 246 g/mol. The Morgan fingerprint density at radius 1 is 0.786 bits per heavy atom. The Balaban J connectivity index is 2.94. The van der Waals surface area contributed by atoms with E-state index in [1.165, 1.54) is 0 Å². The van der Waals surface area contributed by atoms with Crippen molar-refractivity contribution in [3.05, 3.63) is 21.4 Å². The summed E-state index contributed by atoms with van der Waals surface area (Å²) in [6.45, 7) is 1.75. The van der Waals surface area contributed by atoms with E-state index in [2.05, 4.69) is 19.9 Å². The molecule has 0 aliphatic rings. The molecule has 14 heavy (non-hydrogen) atoms. The zero-order valence-corrected chi connectivity index (χ0v) is 9.19. The standard InChI is InChI=1S/C7H3Cl3N4/c1-2-3-4(13-6(9)11-2)5(8)14-7(10)12-3/h1H3. The van der Waals surface area contributed by atoms with Gasteiger partial charge in [-0.25, -0.2) is 19.9 Å². The molecule has 0 aliphatic carbocycles. The van der Waals surface area contributed by atoms with Crippen molar-refractivity contribution in [1.82, 2.24) is 19.9 Å². The summed E-state index contributed by atoms with van der Waals surface area (Å²) in [4.78, 5) is 15.6. The van der Waals surface area contributed by atoms with E-state index in [-0.39, 0.29) is 15.7 Å². The van der Waals surface area contributed by atoms with E-state index in [0.717, 1.165) is 0 Å². The Morgan fingerprint density at radius 3 is 2.07 bits per heavy atom. The summed E-state index contributed by atoms with van der Waals surface area (Å²) >= 11 is 17.1. The SMILES string of the molecule is Cc1nc(Cl)nc2c(Cl)nc(Cl)nc12. The molecule has 0 aromatic carbocycles. The van der Waals surface area contributed by atoms with Crippen LogP contribution in [0.3, 0.4) is 0 Å². The predicted molar refractivity (Wildman–Crippen MR) is 54.9 cm³/mol. The van der Waals surface area contributed by atoms with Gasteiger partial charge >= 0.3 is 0 Å². The highest BCUT2D eigenvalue weighted by molar-refractivity contribution is 6.35. The monoisotopic (exact) mass is 248 g/mol. The molecule has 0 unspecified atom stereocenters. The Labute approximate surface area is 94.3 Å². The lowest BCUT2D eigenvalue weighted by atomic mass is 10.3. The van der Waals surface area contributed by atoms with E-state index in [0.29, 0.717) is 16.7 Å². The Morgan fingerprint density at radius 2 is 1.36 bits per heavy atom. The maximum Gasteiger partial charge on any atom is 0.224 e. The predicted octanol–water partition coefficient (Wildman–Crippen LogP) is 2.69. The van der Waals surface area contributed by atoms with E-state index in [1.54, 1.807) is 6.92 Å². The smallest absolute Gasteiger partial charge is 0.221 e. The van der Waals surface area contributed by atoms with Crippen LogP contribution in [0, 0.1) is 6.92 Å². The van der Waals surface area contributed by atoms with Crippen LogP contribution in [-0.4, -0.2) is 19.9 Å². The number of aryl methyl sites for hydroxylation is 1. The molecule has 0 saturated carbocycles. The van der Waals surface area contributed by atoms with Crippen LogP contribution in [0.4, 0.5) is 0 Å². The van der Waals surface area contributed by atoms with Crippen LogP contribution in [0.25, 0.3) is 11.0 Å². The van der Waals surface area contributed by atoms with Gasteiger partial charge in [-0.3, -0.25) is 0 Å². The normalized spacial score (nSPS) is 10.9. The van der Waals surface area contributed by atoms with Gasteiger partial charge in [-0.2, -0.15) is 0 Å². The summed E-state index contributed by atoms with van der Waals surface area (Å²) in [5, 5.41) is 0.353. The molecule has 0 radical (unpaired) electrons. The van der Waals surface area contributed by atoms with Crippen molar-refractivity contribution < 1.29 is 0 Å². The summed E-state index contributed by atoms with van der Waals surface area (Å²) in [6.07, 6.45) is 0. The maximum atomic E-state index is 5.82. The molecule has 0 amide bonds. The molecule has 0 fully saturated rings. The van der Waals surface area contributed by atoms with Crippen molar-refractivity contribution in [3.8, 4) is 0 Å². The second-order valence-corrected chi connectivity index (χ2v) is 3.59. The first kappa shape index (κ1) is 9.83. The number of rotatable bonds is 0. The van der Waals surface area contributed by atoms with Gasteiger partial charge in [0.15, 0.2) is 5.15 Å². The largest absolute Gasteiger partial charge is 0.224 e. The van der Waals surface area contributed by atoms with Gasteiger partial charge in [0.05, 0.1) is 5.69 Å². The second-order valence-electron chi connectivity index (χ2n) is 2.56. The lowest BCUT2D eigenvalue weighted by Gasteiger charge is -2.01. The minimum atomic E-state index is 0.0662. The van der Waals surface area contributed by atoms with Gasteiger partial charge < -0.3 is 0 Å². The summed E-state index contributed by atoms with van der Waals surface area (Å²) in [6, 6.07) is 0. The topological polar surface area (TPSA) is 51.6 Å². The maximum absolute atomic E-state index is 5.82. The van der Waals surface area contributed by atoms with Crippen molar-refractivity contribution in [2.24, 2.45) is 0 Å². The first-order valence-electron chi connectivity index (χ1n) is 3.61. The first-order valence-corrected chi connectivity index (χ1v) is 4.74. The average molecular weight is 249 g/mol. The van der Waals surface area contributed by atoms with Gasteiger partial charge in [0.25, 0.3) is 0 Å². The molecule has 2 aromatic heterocycles. The average Bonchev–Trinajstić information content (AvgIpc) is 2.07. The summed E-state index contributed by atoms with van der Waals surface area (Å²) in [5.74, 6) is 0. The molecule has 0 saturated heterocycles. The van der Waals surface area contributed by atoms with Gasteiger partial charge in [-0.1, -0.05) is 11.6 Å². The number of hydrogen-bond donors (Lipinski definition) is 0. The third kappa shape index (κ3) is 1.61. The number of halogens is 3. The minimum absolute atomic E-state index is 0.0662. The van der Waals surface area contributed by atoms with E-state index in [9.17, 15) is 0 Å². The minimum Gasteiger partial charge on any atom is -0.221 e. The number of fused-ring (bicyclic) bond motifs is 1. The molecule has 7 heteroatoms. The van der Waals surface area contributed by atoms with Crippen molar-refractivity contribution in [1.29, 1.82) is 0 Å². The van der Waals surface area contributed by atoms with Crippen molar-refractivity contribution in [3.63, 3.8) is 0 Å². The van der Waals surface area contributed by atoms with Gasteiger partial charge in [0, 0.05) is 0 Å². The molecule has 72 valence electrons. The van der Waals surface area contributed by atoms with E-state index < -0.39 is 0 Å². The first-order chi connectivity index (χ1) is 6.58. The van der Waals surface area contributed by atoms with E-state index in [4.69, 9.17) is 34.8 Å². The van der Waals surface area contributed by atoms with Crippen LogP contribution in [0.15, 0.2) is 0 Å². The zero-order valence-electron chi connectivity index (χ0n) is 6.92. The van der Waals surface area contributed by atoms with Crippen LogP contribution in [0.1, 0.15) is 5.69 Å². The molecule has 2 heterocycles. The molecule has 0 atom stereocenters. The molecule has 0 bridgehead atoms. The van der Waals surface area contributed by atoms with Crippen LogP contribution < -0.4 is 0 Å². The molecular formula is C7H3Cl3N4. The second kappa shape index (κ2) is 3.46. The van der Waals surface area contributed by atoms with Crippen LogP contribution >= 0.6 is 34.8 Å². The van der Waals surface area contributed by atoms with Crippen molar-refractivity contribution >= 4 is 45.8 Å². The molecule has 4 nitrogen and oxygen atoms in total. The number of nitrogens with zero attached hydrogens (tertiary/aromatic N) is 4. The highest BCUT2D eigenvalue weighted by Crippen LogP contribution is 2.22. The fourth-order valence-electron chi connectivity index (χ4n) is 1.06. The van der Waals surface area contributed by atoms with Crippen molar-refractivity contribution in [2.75, 3.05) is 0 Å². The Bertz CT molecular complexity index is 467. The molecule has 2 rings (SSSR count). The summed E-state index contributed by atoms with van der Waals surface area (Å²) in [5.41, 5.74) is 1.54. The van der Waals surface area contributed by atoms with E-state index >= 15 is 0 Å². The molecule has 0 aliphatic heterocycles. The van der Waals surface area contributed by atoms with Crippen LogP contribution in [0.5, 0.6) is 0 Å². The Kier molecular flexibility index (Phi) is 2.43. The lowest BCUT2D eigenvalue weighted by molar-refractivity contribution is 1.10. The number of aromatic nitrogens is 4. The fourth-order valence-corrected chi connectivity index (χ4v) is 1.70. The Hall–Kier alpha value is -0.710. The highest BCUT2D eigenvalue weighted by atomic mass is 35.5. The fraction of sp³-hybridized carbons (Fsp3) is 0.143. The van der Waals surface area contributed by atoms with Crippen LogP contribution in [0.2, 0.25) is 15.7 Å². The third-order valence-electron chi connectivity index (χ3n) is 1.62. The molecule has 0 spiro atoms. The van der Waals surface area contributed by atoms with E-state index in [1.807, 2.05) is 0 Å². The lowest BCUT2D eigenvalue weighted by Crippen LogP contribution is -1.95. The zero-order chi connectivity index (χ0) is 10.3. The van der Waals surface area contributed by atoms with Crippen molar-refractivity contribution in [2.45, 2.75) is 6.92 Å². The van der Waals surface area contributed by atoms with Gasteiger partial charge in [-0.15, -0.1) is 0 Å². The highest BCUT2D eigenvalue weighted by Gasteiger charge is 2.10. The summed E-state index contributed by atoms with van der Waals surface area (Å²) < 4.78 is 0. The third-order valence-corrected chi connectivity index (χ3v) is 2.22. The molecule has 2 aromatic rings. The summed E-state index contributed by atoms with van der Waals surface area (Å²) in [7, 11) is 0. The van der Waals surface area contributed by atoms with Gasteiger partial charge in [0.2, 0.25) is 10.6 Å². The van der Waals surface area contributed by atoms with Crippen LogP contribution in [-0.2, 0) is 0 Å². The number of hydrogen-bond acceptors (Lipinski definition) is 4. The van der Waals surface area contributed by atoms with Gasteiger partial charge in [0.1, 0.15) is 11.0 Å².